The zero-order valence-corrected chi connectivity index (χ0v) is 13.2. The largest absolute Gasteiger partial charge is 0.339 e. The molecule has 23 heavy (non-hydrogen) atoms. The minimum atomic E-state index is -1.79. The van der Waals surface area contributed by atoms with Crippen LogP contribution >= 0.6 is 0 Å². The third kappa shape index (κ3) is 3.09. The van der Waals surface area contributed by atoms with Crippen molar-refractivity contribution in [2.45, 2.75) is 32.4 Å². The van der Waals surface area contributed by atoms with E-state index in [4.69, 9.17) is 4.52 Å². The summed E-state index contributed by atoms with van der Waals surface area (Å²) in [7, 11) is 0. The maximum Gasteiger partial charge on any atom is 0.266 e. The molecular formula is C16H19FN4O2. The van der Waals surface area contributed by atoms with Gasteiger partial charge in [-0.3, -0.25) is 9.78 Å². The van der Waals surface area contributed by atoms with Crippen LogP contribution in [0.3, 0.4) is 0 Å². The number of halogens is 1. The van der Waals surface area contributed by atoms with Gasteiger partial charge in [0.1, 0.15) is 0 Å². The number of alkyl halides is 1. The molecule has 0 bridgehead atoms. The molecule has 1 fully saturated rings. The predicted octanol–water partition coefficient (Wildman–Crippen LogP) is 2.57. The Bertz CT molecular complexity index is 688. The Morgan fingerprint density at radius 2 is 2.13 bits per heavy atom. The van der Waals surface area contributed by atoms with E-state index in [1.807, 2.05) is 13.8 Å². The van der Waals surface area contributed by atoms with Crippen LogP contribution in [0, 0.1) is 5.92 Å². The lowest BCUT2D eigenvalue weighted by molar-refractivity contribution is -0.139. The van der Waals surface area contributed by atoms with E-state index in [1.54, 1.807) is 29.4 Å². The number of hydrogen-bond donors (Lipinski definition) is 0. The first-order chi connectivity index (χ1) is 11.0. The molecule has 0 saturated carbocycles. The van der Waals surface area contributed by atoms with Gasteiger partial charge >= 0.3 is 0 Å². The number of nitrogens with zero attached hydrogens (tertiary/aromatic N) is 4. The van der Waals surface area contributed by atoms with Crippen LogP contribution in [0.2, 0.25) is 0 Å². The van der Waals surface area contributed by atoms with Crippen LogP contribution in [0.1, 0.15) is 32.6 Å². The van der Waals surface area contributed by atoms with Crippen molar-refractivity contribution in [1.82, 2.24) is 20.0 Å². The summed E-state index contributed by atoms with van der Waals surface area (Å²) in [5.74, 6) is 0.0466. The molecule has 3 heterocycles. The van der Waals surface area contributed by atoms with E-state index in [0.717, 1.165) is 0 Å². The Kier molecular flexibility index (Phi) is 4.11. The van der Waals surface area contributed by atoms with Gasteiger partial charge in [0.25, 0.3) is 5.89 Å². The monoisotopic (exact) mass is 318 g/mol. The molecule has 1 amide bonds. The van der Waals surface area contributed by atoms with Gasteiger partial charge in [0.15, 0.2) is 0 Å². The van der Waals surface area contributed by atoms with Crippen molar-refractivity contribution in [2.24, 2.45) is 5.92 Å². The molecule has 0 aliphatic carbocycles. The molecule has 1 aliphatic rings. The first kappa shape index (κ1) is 15.6. The number of carbonyl (C=O) groups is 1. The maximum atomic E-state index is 15.3. The smallest absolute Gasteiger partial charge is 0.266 e. The number of carbonyl (C=O) groups excluding carboxylic acids is 1. The highest BCUT2D eigenvalue weighted by Gasteiger charge is 2.44. The van der Waals surface area contributed by atoms with Crippen LogP contribution in [-0.2, 0) is 10.5 Å². The first-order valence-corrected chi connectivity index (χ1v) is 7.72. The summed E-state index contributed by atoms with van der Waals surface area (Å²) < 4.78 is 20.5. The molecule has 1 saturated heterocycles. The van der Waals surface area contributed by atoms with Crippen molar-refractivity contribution in [3.8, 4) is 11.4 Å². The standard InChI is InChI=1S/C16H19FN4O2/c1-11(2)14(22)21-9-3-6-16(17,10-21)15-19-13(20-23-15)12-4-7-18-8-5-12/h4-5,7-8,11H,3,6,9-10H2,1-2H3. The van der Waals surface area contributed by atoms with Gasteiger partial charge in [0.2, 0.25) is 17.4 Å². The van der Waals surface area contributed by atoms with Crippen molar-refractivity contribution in [2.75, 3.05) is 13.1 Å². The molecule has 6 nitrogen and oxygen atoms in total. The van der Waals surface area contributed by atoms with Gasteiger partial charge in [-0.1, -0.05) is 19.0 Å². The number of aromatic nitrogens is 3. The molecule has 0 radical (unpaired) electrons. The number of piperidine rings is 1. The lowest BCUT2D eigenvalue weighted by Crippen LogP contribution is -2.47. The molecule has 1 aliphatic heterocycles. The fraction of sp³-hybridized carbons (Fsp3) is 0.500. The molecule has 2 aromatic rings. The van der Waals surface area contributed by atoms with E-state index in [-0.39, 0.29) is 30.7 Å². The minimum absolute atomic E-state index is 0.0397. The number of pyridine rings is 1. The second kappa shape index (κ2) is 6.06. The summed E-state index contributed by atoms with van der Waals surface area (Å²) in [4.78, 5) is 21.8. The number of amides is 1. The second-order valence-electron chi connectivity index (χ2n) is 6.14. The molecule has 3 rings (SSSR count). The molecule has 7 heteroatoms. The molecule has 122 valence electrons. The zero-order valence-electron chi connectivity index (χ0n) is 13.2. The molecule has 2 aromatic heterocycles. The fourth-order valence-corrected chi connectivity index (χ4v) is 2.76. The molecule has 0 spiro atoms. The zero-order chi connectivity index (χ0) is 16.4. The van der Waals surface area contributed by atoms with Crippen LogP contribution in [0.4, 0.5) is 4.39 Å². The highest BCUT2D eigenvalue weighted by atomic mass is 19.1. The Labute approximate surface area is 133 Å². The second-order valence-corrected chi connectivity index (χ2v) is 6.14. The van der Waals surface area contributed by atoms with Crippen LogP contribution in [0.15, 0.2) is 29.0 Å². The van der Waals surface area contributed by atoms with Crippen molar-refractivity contribution in [3.63, 3.8) is 0 Å². The van der Waals surface area contributed by atoms with Gasteiger partial charge in [-0.05, 0) is 25.0 Å². The quantitative estimate of drug-likeness (QED) is 0.869. The Morgan fingerprint density at radius 3 is 2.83 bits per heavy atom. The van der Waals surface area contributed by atoms with E-state index in [1.165, 1.54) is 0 Å². The van der Waals surface area contributed by atoms with Crippen LogP contribution < -0.4 is 0 Å². The Balaban J connectivity index is 1.83. The first-order valence-electron chi connectivity index (χ1n) is 7.72. The van der Waals surface area contributed by atoms with Crippen LogP contribution in [0.5, 0.6) is 0 Å². The SMILES string of the molecule is CC(C)C(=O)N1CCCC(F)(c2nc(-c3ccncc3)no2)C1. The lowest BCUT2D eigenvalue weighted by atomic mass is 9.93. The van der Waals surface area contributed by atoms with Gasteiger partial charge in [-0.2, -0.15) is 4.98 Å². The van der Waals surface area contributed by atoms with Gasteiger partial charge in [-0.15, -0.1) is 0 Å². The van der Waals surface area contributed by atoms with Crippen molar-refractivity contribution in [1.29, 1.82) is 0 Å². The van der Waals surface area contributed by atoms with Crippen molar-refractivity contribution in [3.05, 3.63) is 30.4 Å². The summed E-state index contributed by atoms with van der Waals surface area (Å²) in [5.41, 5.74) is -1.08. The molecule has 0 aromatic carbocycles. The summed E-state index contributed by atoms with van der Waals surface area (Å²) in [5, 5.41) is 3.85. The maximum absolute atomic E-state index is 15.3. The van der Waals surface area contributed by atoms with Gasteiger partial charge in [-0.25, -0.2) is 4.39 Å². The van der Waals surface area contributed by atoms with Gasteiger partial charge < -0.3 is 9.42 Å². The Morgan fingerprint density at radius 1 is 1.39 bits per heavy atom. The normalized spacial score (nSPS) is 21.7. The summed E-state index contributed by atoms with van der Waals surface area (Å²) >= 11 is 0. The number of rotatable bonds is 3. The average Bonchev–Trinajstić information content (AvgIpc) is 3.06. The highest BCUT2D eigenvalue weighted by Crippen LogP contribution is 2.35. The highest BCUT2D eigenvalue weighted by molar-refractivity contribution is 5.78. The van der Waals surface area contributed by atoms with Crippen molar-refractivity contribution >= 4 is 5.91 Å². The minimum Gasteiger partial charge on any atom is -0.339 e. The van der Waals surface area contributed by atoms with Crippen LogP contribution in [-0.4, -0.2) is 39.0 Å². The van der Waals surface area contributed by atoms with Gasteiger partial charge in [0.05, 0.1) is 6.54 Å². The molecule has 1 unspecified atom stereocenters. The molecule has 0 N–H and O–H groups in total. The predicted molar refractivity (Wildman–Crippen MR) is 81.0 cm³/mol. The molecule has 1 atom stereocenters. The third-order valence-corrected chi connectivity index (χ3v) is 4.00. The topological polar surface area (TPSA) is 72.1 Å². The van der Waals surface area contributed by atoms with E-state index >= 15 is 4.39 Å². The Hall–Kier alpha value is -2.31. The van der Waals surface area contributed by atoms with E-state index < -0.39 is 5.67 Å². The van der Waals surface area contributed by atoms with Crippen LogP contribution in [0.25, 0.3) is 11.4 Å². The van der Waals surface area contributed by atoms with E-state index in [0.29, 0.717) is 24.4 Å². The van der Waals surface area contributed by atoms with Crippen molar-refractivity contribution < 1.29 is 13.7 Å². The summed E-state index contributed by atoms with van der Waals surface area (Å²) in [6.07, 6.45) is 4.06. The van der Waals surface area contributed by atoms with E-state index in [9.17, 15) is 4.79 Å². The van der Waals surface area contributed by atoms with Gasteiger partial charge in [0, 0.05) is 30.4 Å². The summed E-state index contributed by atoms with van der Waals surface area (Å²) in [6.45, 7) is 4.15. The van der Waals surface area contributed by atoms with E-state index in [2.05, 4.69) is 15.1 Å². The average molecular weight is 318 g/mol. The number of hydrogen-bond acceptors (Lipinski definition) is 5. The molecular weight excluding hydrogens is 299 g/mol. The lowest BCUT2D eigenvalue weighted by Gasteiger charge is -2.36. The number of likely N-dealkylation sites (tertiary alicyclic amines) is 1. The third-order valence-electron chi connectivity index (χ3n) is 4.00. The fourth-order valence-electron chi connectivity index (χ4n) is 2.76. The summed E-state index contributed by atoms with van der Waals surface area (Å²) in [6, 6.07) is 3.46.